The molecule has 8 nitrogen and oxygen atoms in total. The second-order valence-electron chi connectivity index (χ2n) is 3.68. The van der Waals surface area contributed by atoms with Crippen LogP contribution >= 0.6 is 0 Å². The summed E-state index contributed by atoms with van der Waals surface area (Å²) in [6, 6.07) is 2.90. The molecule has 0 spiro atoms. The standard InChI is InChI=1S/C10H10N2O6/c1-6(13)4-10(14)8-3-2-7(11(15)16)5-9(8)12(17)18/h2-3,5,10,14H,4H2,1H3/t10-/m1/s1. The lowest BCUT2D eigenvalue weighted by Crippen LogP contribution is -2.06. The molecule has 0 aliphatic carbocycles. The van der Waals surface area contributed by atoms with Crippen LogP contribution in [0.4, 0.5) is 11.4 Å². The van der Waals surface area contributed by atoms with Crippen LogP contribution in [0, 0.1) is 20.2 Å². The molecule has 96 valence electrons. The first-order valence-corrected chi connectivity index (χ1v) is 4.93. The summed E-state index contributed by atoms with van der Waals surface area (Å²) in [7, 11) is 0. The van der Waals surface area contributed by atoms with Gasteiger partial charge in [0.2, 0.25) is 0 Å². The maximum atomic E-state index is 10.8. The Morgan fingerprint density at radius 1 is 1.33 bits per heavy atom. The third-order valence-corrected chi connectivity index (χ3v) is 2.26. The van der Waals surface area contributed by atoms with Crippen molar-refractivity contribution >= 4 is 17.2 Å². The van der Waals surface area contributed by atoms with Gasteiger partial charge < -0.3 is 5.11 Å². The van der Waals surface area contributed by atoms with Gasteiger partial charge in [-0.1, -0.05) is 0 Å². The highest BCUT2D eigenvalue weighted by atomic mass is 16.6. The van der Waals surface area contributed by atoms with Crippen molar-refractivity contribution in [2.45, 2.75) is 19.4 Å². The van der Waals surface area contributed by atoms with Crippen molar-refractivity contribution in [3.63, 3.8) is 0 Å². The molecule has 0 heterocycles. The maximum Gasteiger partial charge on any atom is 0.282 e. The van der Waals surface area contributed by atoms with E-state index < -0.39 is 27.3 Å². The van der Waals surface area contributed by atoms with E-state index in [9.17, 15) is 30.1 Å². The number of benzene rings is 1. The molecule has 0 aliphatic heterocycles. The molecule has 0 fully saturated rings. The molecule has 0 bridgehead atoms. The molecule has 0 radical (unpaired) electrons. The number of nitro benzene ring substituents is 2. The minimum Gasteiger partial charge on any atom is -0.388 e. The number of Topliss-reactive ketones (excluding diaryl/α,β-unsaturated/α-hetero) is 1. The number of ketones is 1. The molecule has 0 amide bonds. The zero-order valence-corrected chi connectivity index (χ0v) is 9.40. The van der Waals surface area contributed by atoms with Crippen LogP contribution in [-0.4, -0.2) is 20.7 Å². The van der Waals surface area contributed by atoms with E-state index in [1.807, 2.05) is 0 Å². The quantitative estimate of drug-likeness (QED) is 0.627. The number of aliphatic hydroxyl groups excluding tert-OH is 1. The lowest BCUT2D eigenvalue weighted by molar-refractivity contribution is -0.394. The highest BCUT2D eigenvalue weighted by Gasteiger charge is 2.24. The fraction of sp³-hybridized carbons (Fsp3) is 0.300. The third kappa shape index (κ3) is 3.08. The molecule has 0 saturated heterocycles. The molecule has 1 aromatic rings. The second-order valence-corrected chi connectivity index (χ2v) is 3.68. The van der Waals surface area contributed by atoms with Crippen molar-refractivity contribution < 1.29 is 19.7 Å². The van der Waals surface area contributed by atoms with Gasteiger partial charge >= 0.3 is 0 Å². The molecule has 0 unspecified atom stereocenters. The first-order chi connectivity index (χ1) is 8.32. The first kappa shape index (κ1) is 13.7. The van der Waals surface area contributed by atoms with Gasteiger partial charge in [0.1, 0.15) is 5.78 Å². The molecule has 1 atom stereocenters. The van der Waals surface area contributed by atoms with Gasteiger partial charge in [-0.15, -0.1) is 0 Å². The topological polar surface area (TPSA) is 124 Å². The van der Waals surface area contributed by atoms with Crippen molar-refractivity contribution in [3.8, 4) is 0 Å². The number of carbonyl (C=O) groups is 1. The predicted molar refractivity (Wildman–Crippen MR) is 60.0 cm³/mol. The lowest BCUT2D eigenvalue weighted by atomic mass is 10.0. The highest BCUT2D eigenvalue weighted by molar-refractivity contribution is 5.76. The average Bonchev–Trinajstić information content (AvgIpc) is 2.26. The Kier molecular flexibility index (Phi) is 4.05. The van der Waals surface area contributed by atoms with E-state index >= 15 is 0 Å². The summed E-state index contributed by atoms with van der Waals surface area (Å²) in [6.45, 7) is 1.24. The largest absolute Gasteiger partial charge is 0.388 e. The molecule has 0 saturated carbocycles. The van der Waals surface area contributed by atoms with Gasteiger partial charge in [0.25, 0.3) is 11.4 Å². The number of aliphatic hydroxyl groups is 1. The molecule has 1 aromatic carbocycles. The Morgan fingerprint density at radius 2 is 1.94 bits per heavy atom. The van der Waals surface area contributed by atoms with E-state index in [0.29, 0.717) is 0 Å². The van der Waals surface area contributed by atoms with Crippen molar-refractivity contribution in [3.05, 3.63) is 44.0 Å². The smallest absolute Gasteiger partial charge is 0.282 e. The third-order valence-electron chi connectivity index (χ3n) is 2.26. The van der Waals surface area contributed by atoms with Gasteiger partial charge in [0.15, 0.2) is 0 Å². The minimum absolute atomic E-state index is 0.110. The number of nitrogens with zero attached hydrogens (tertiary/aromatic N) is 2. The summed E-state index contributed by atoms with van der Waals surface area (Å²) in [5.41, 5.74) is -1.13. The summed E-state index contributed by atoms with van der Waals surface area (Å²) < 4.78 is 0. The van der Waals surface area contributed by atoms with Gasteiger partial charge in [-0.25, -0.2) is 0 Å². The van der Waals surface area contributed by atoms with Crippen LogP contribution in [0.1, 0.15) is 25.0 Å². The van der Waals surface area contributed by atoms with Gasteiger partial charge in [0.05, 0.1) is 27.6 Å². The van der Waals surface area contributed by atoms with Crippen molar-refractivity contribution in [1.29, 1.82) is 0 Å². The van der Waals surface area contributed by atoms with E-state index in [1.54, 1.807) is 0 Å². The summed E-state index contributed by atoms with van der Waals surface area (Å²) in [4.78, 5) is 30.5. The number of rotatable bonds is 5. The molecule has 0 aliphatic rings. The van der Waals surface area contributed by atoms with E-state index in [1.165, 1.54) is 6.92 Å². The Balaban J connectivity index is 3.23. The minimum atomic E-state index is -1.34. The van der Waals surface area contributed by atoms with Crippen LogP contribution < -0.4 is 0 Å². The van der Waals surface area contributed by atoms with Gasteiger partial charge in [-0.2, -0.15) is 0 Å². The molecule has 18 heavy (non-hydrogen) atoms. The Labute approximate surface area is 101 Å². The Hall–Kier alpha value is -2.35. The summed E-state index contributed by atoms with van der Waals surface area (Å²) in [6.07, 6.45) is -1.62. The number of hydrogen-bond acceptors (Lipinski definition) is 6. The van der Waals surface area contributed by atoms with E-state index in [4.69, 9.17) is 0 Å². The fourth-order valence-electron chi connectivity index (χ4n) is 1.47. The number of non-ortho nitro benzene ring substituents is 1. The Bertz CT molecular complexity index is 513. The molecular formula is C10H10N2O6. The molecule has 0 aromatic heterocycles. The van der Waals surface area contributed by atoms with Crippen LogP contribution in [0.5, 0.6) is 0 Å². The monoisotopic (exact) mass is 254 g/mol. The summed E-state index contributed by atoms with van der Waals surface area (Å²) >= 11 is 0. The van der Waals surface area contributed by atoms with Crippen LogP contribution in [0.3, 0.4) is 0 Å². The SMILES string of the molecule is CC(=O)C[C@@H](O)c1ccc([N+](=O)[O-])cc1[N+](=O)[O-]. The van der Waals surface area contributed by atoms with E-state index in [2.05, 4.69) is 0 Å². The van der Waals surface area contributed by atoms with Crippen molar-refractivity contribution in [1.82, 2.24) is 0 Å². The molecule has 1 rings (SSSR count). The second kappa shape index (κ2) is 5.32. The first-order valence-electron chi connectivity index (χ1n) is 4.93. The number of nitro groups is 2. The zero-order chi connectivity index (χ0) is 13.9. The zero-order valence-electron chi connectivity index (χ0n) is 9.40. The average molecular weight is 254 g/mol. The highest BCUT2D eigenvalue weighted by Crippen LogP contribution is 2.30. The van der Waals surface area contributed by atoms with E-state index in [-0.39, 0.29) is 17.8 Å². The van der Waals surface area contributed by atoms with Gasteiger partial charge in [0, 0.05) is 12.5 Å². The van der Waals surface area contributed by atoms with Gasteiger partial charge in [-0.3, -0.25) is 25.0 Å². The number of hydrogen-bond donors (Lipinski definition) is 1. The van der Waals surface area contributed by atoms with Gasteiger partial charge in [-0.05, 0) is 13.0 Å². The summed E-state index contributed by atoms with van der Waals surface area (Å²) in [5, 5.41) is 30.9. The van der Waals surface area contributed by atoms with Crippen LogP contribution in [0.25, 0.3) is 0 Å². The fourth-order valence-corrected chi connectivity index (χ4v) is 1.47. The van der Waals surface area contributed by atoms with E-state index in [0.717, 1.165) is 18.2 Å². The van der Waals surface area contributed by atoms with Crippen LogP contribution in [0.2, 0.25) is 0 Å². The molecule has 8 heteroatoms. The normalized spacial score (nSPS) is 11.9. The Morgan fingerprint density at radius 3 is 2.39 bits per heavy atom. The lowest BCUT2D eigenvalue weighted by Gasteiger charge is -2.09. The van der Waals surface area contributed by atoms with Crippen molar-refractivity contribution in [2.75, 3.05) is 0 Å². The molecule has 1 N–H and O–H groups in total. The summed E-state index contributed by atoms with van der Waals surface area (Å²) in [5.74, 6) is -0.338. The van der Waals surface area contributed by atoms with Crippen LogP contribution in [-0.2, 0) is 4.79 Å². The maximum absolute atomic E-state index is 10.8. The predicted octanol–water partition coefficient (Wildman–Crippen LogP) is 1.52. The number of carbonyl (C=O) groups excluding carboxylic acids is 1. The molecular weight excluding hydrogens is 244 g/mol. The van der Waals surface area contributed by atoms with Crippen molar-refractivity contribution in [2.24, 2.45) is 0 Å². The van der Waals surface area contributed by atoms with Crippen LogP contribution in [0.15, 0.2) is 18.2 Å².